The molecule has 0 heterocycles. The molecule has 0 aliphatic heterocycles. The van der Waals surface area contributed by atoms with Gasteiger partial charge in [-0.2, -0.15) is 0 Å². The molecule has 1 rings (SSSR count). The maximum absolute atomic E-state index is 10.9. The second kappa shape index (κ2) is 3.76. The van der Waals surface area contributed by atoms with Crippen molar-refractivity contribution in [3.63, 3.8) is 0 Å². The molecule has 0 saturated heterocycles. The summed E-state index contributed by atoms with van der Waals surface area (Å²) < 4.78 is 0. The monoisotopic (exact) mass is 196 g/mol. The normalized spacial score (nSPS) is 28.3. The first-order valence-corrected chi connectivity index (χ1v) is 5.37. The lowest BCUT2D eigenvalue weighted by atomic mass is 10.0. The van der Waals surface area contributed by atoms with E-state index in [4.69, 9.17) is 5.11 Å². The van der Waals surface area contributed by atoms with Gasteiger partial charge in [0.15, 0.2) is 0 Å². The van der Waals surface area contributed by atoms with Gasteiger partial charge in [0.05, 0.1) is 5.92 Å². The zero-order chi connectivity index (χ0) is 10.9. The summed E-state index contributed by atoms with van der Waals surface area (Å²) in [4.78, 5) is 10.9. The third kappa shape index (κ3) is 1.84. The molecule has 2 heteroatoms. The first-order chi connectivity index (χ1) is 6.45. The molecule has 1 fully saturated rings. The smallest absolute Gasteiger partial charge is 0.307 e. The molecule has 0 radical (unpaired) electrons. The number of carboxylic acids is 1. The van der Waals surface area contributed by atoms with Crippen LogP contribution in [0.2, 0.25) is 0 Å². The van der Waals surface area contributed by atoms with Gasteiger partial charge >= 0.3 is 5.97 Å². The van der Waals surface area contributed by atoms with Crippen LogP contribution in [0.5, 0.6) is 0 Å². The van der Waals surface area contributed by atoms with Gasteiger partial charge in [-0.05, 0) is 24.2 Å². The molecule has 0 aromatic heterocycles. The quantitative estimate of drug-likeness (QED) is 0.701. The highest BCUT2D eigenvalue weighted by molar-refractivity contribution is 5.76. The summed E-state index contributed by atoms with van der Waals surface area (Å²) in [6, 6.07) is 0. The Kier molecular flexibility index (Phi) is 3.03. The molecule has 2 nitrogen and oxygen atoms in total. The third-order valence-corrected chi connectivity index (χ3v) is 3.50. The fraction of sp³-hybridized carbons (Fsp3) is 0.750. The molecular weight excluding hydrogens is 176 g/mol. The summed E-state index contributed by atoms with van der Waals surface area (Å²) in [5, 5.41) is 8.99. The van der Waals surface area contributed by atoms with Gasteiger partial charge < -0.3 is 5.11 Å². The van der Waals surface area contributed by atoms with Crippen LogP contribution in [0.1, 0.15) is 40.5 Å². The largest absolute Gasteiger partial charge is 0.481 e. The Labute approximate surface area is 86.0 Å². The van der Waals surface area contributed by atoms with E-state index < -0.39 is 5.97 Å². The molecule has 1 aliphatic rings. The standard InChI is InChI=1S/C12H20O2/c1-5-8(6-2)7-9-10(11(13)14)12(9,3)4/h7,9-10H,5-6H2,1-4H3,(H,13,14)/t9-,10+/m0/s1. The SMILES string of the molecule is CCC(=C[C@H]1[C@H](C(=O)O)C1(C)C)CC. The van der Waals surface area contributed by atoms with E-state index in [0.717, 1.165) is 12.8 Å². The maximum Gasteiger partial charge on any atom is 0.307 e. The van der Waals surface area contributed by atoms with Crippen molar-refractivity contribution in [2.75, 3.05) is 0 Å². The molecule has 0 bridgehead atoms. The Morgan fingerprint density at radius 3 is 2.14 bits per heavy atom. The molecule has 14 heavy (non-hydrogen) atoms. The van der Waals surface area contributed by atoms with Crippen LogP contribution < -0.4 is 0 Å². The van der Waals surface area contributed by atoms with Crippen molar-refractivity contribution in [3.05, 3.63) is 11.6 Å². The molecule has 0 amide bonds. The van der Waals surface area contributed by atoms with Crippen molar-refractivity contribution in [1.29, 1.82) is 0 Å². The minimum atomic E-state index is -0.650. The lowest BCUT2D eigenvalue weighted by Crippen LogP contribution is -2.03. The molecule has 0 spiro atoms. The van der Waals surface area contributed by atoms with Crippen molar-refractivity contribution in [2.24, 2.45) is 17.3 Å². The Balaban J connectivity index is 2.74. The predicted molar refractivity (Wildman–Crippen MR) is 57.1 cm³/mol. The van der Waals surface area contributed by atoms with Gasteiger partial charge in [-0.15, -0.1) is 0 Å². The topological polar surface area (TPSA) is 37.3 Å². The van der Waals surface area contributed by atoms with Crippen LogP contribution in [0.4, 0.5) is 0 Å². The number of allylic oxidation sites excluding steroid dienone is 2. The van der Waals surface area contributed by atoms with Gasteiger partial charge in [0, 0.05) is 0 Å². The Hall–Kier alpha value is -0.790. The van der Waals surface area contributed by atoms with Crippen molar-refractivity contribution < 1.29 is 9.90 Å². The van der Waals surface area contributed by atoms with Crippen molar-refractivity contribution in [3.8, 4) is 0 Å². The van der Waals surface area contributed by atoms with Gasteiger partial charge in [-0.25, -0.2) is 0 Å². The van der Waals surface area contributed by atoms with Gasteiger partial charge in [0.2, 0.25) is 0 Å². The lowest BCUT2D eigenvalue weighted by Gasteiger charge is -2.01. The first-order valence-electron chi connectivity index (χ1n) is 5.37. The lowest BCUT2D eigenvalue weighted by molar-refractivity contribution is -0.139. The van der Waals surface area contributed by atoms with Crippen molar-refractivity contribution in [1.82, 2.24) is 0 Å². The molecule has 1 saturated carbocycles. The van der Waals surface area contributed by atoms with E-state index >= 15 is 0 Å². The summed E-state index contributed by atoms with van der Waals surface area (Å²) in [6.45, 7) is 8.33. The van der Waals surface area contributed by atoms with Crippen LogP contribution in [0.3, 0.4) is 0 Å². The van der Waals surface area contributed by atoms with Crippen LogP contribution >= 0.6 is 0 Å². The van der Waals surface area contributed by atoms with Crippen LogP contribution in [-0.2, 0) is 4.79 Å². The molecule has 1 aliphatic carbocycles. The summed E-state index contributed by atoms with van der Waals surface area (Å²) in [5.41, 5.74) is 1.34. The summed E-state index contributed by atoms with van der Waals surface area (Å²) >= 11 is 0. The minimum Gasteiger partial charge on any atom is -0.481 e. The number of hydrogen-bond acceptors (Lipinski definition) is 1. The van der Waals surface area contributed by atoms with Gasteiger partial charge in [-0.3, -0.25) is 4.79 Å². The predicted octanol–water partition coefficient (Wildman–Crippen LogP) is 3.09. The van der Waals surface area contributed by atoms with E-state index in [1.807, 2.05) is 13.8 Å². The Bertz CT molecular complexity index is 257. The van der Waals surface area contributed by atoms with E-state index in [2.05, 4.69) is 19.9 Å². The average molecular weight is 196 g/mol. The highest BCUT2D eigenvalue weighted by Crippen LogP contribution is 2.59. The summed E-state index contributed by atoms with van der Waals surface area (Å²) in [6.07, 6.45) is 4.25. The highest BCUT2D eigenvalue weighted by Gasteiger charge is 2.60. The van der Waals surface area contributed by atoms with E-state index in [1.54, 1.807) is 0 Å². The maximum atomic E-state index is 10.9. The minimum absolute atomic E-state index is 0.0403. The molecule has 1 N–H and O–H groups in total. The van der Waals surface area contributed by atoms with Crippen LogP contribution in [0.15, 0.2) is 11.6 Å². The molecule has 0 unspecified atom stereocenters. The molecule has 0 aromatic rings. The summed E-state index contributed by atoms with van der Waals surface area (Å²) in [7, 11) is 0. The molecule has 80 valence electrons. The van der Waals surface area contributed by atoms with Crippen LogP contribution in [-0.4, -0.2) is 11.1 Å². The average Bonchev–Trinajstić information content (AvgIpc) is 2.63. The number of hydrogen-bond donors (Lipinski definition) is 1. The second-order valence-corrected chi connectivity index (χ2v) is 4.70. The van der Waals surface area contributed by atoms with Gasteiger partial charge in [0.25, 0.3) is 0 Å². The molecule has 2 atom stereocenters. The van der Waals surface area contributed by atoms with E-state index in [1.165, 1.54) is 5.57 Å². The van der Waals surface area contributed by atoms with Crippen molar-refractivity contribution >= 4 is 5.97 Å². The summed E-state index contributed by atoms with van der Waals surface area (Å²) in [5.74, 6) is -0.576. The highest BCUT2D eigenvalue weighted by atomic mass is 16.4. The third-order valence-electron chi connectivity index (χ3n) is 3.50. The van der Waals surface area contributed by atoms with E-state index in [0.29, 0.717) is 0 Å². The number of carboxylic acid groups (broad SMARTS) is 1. The number of aliphatic carboxylic acids is 1. The van der Waals surface area contributed by atoms with Crippen LogP contribution in [0, 0.1) is 17.3 Å². The molecular formula is C12H20O2. The fourth-order valence-electron chi connectivity index (χ4n) is 2.20. The Morgan fingerprint density at radius 1 is 1.36 bits per heavy atom. The van der Waals surface area contributed by atoms with Gasteiger partial charge in [-0.1, -0.05) is 39.3 Å². The van der Waals surface area contributed by atoms with Crippen molar-refractivity contribution in [2.45, 2.75) is 40.5 Å². The van der Waals surface area contributed by atoms with Gasteiger partial charge in [0.1, 0.15) is 0 Å². The van der Waals surface area contributed by atoms with E-state index in [9.17, 15) is 4.79 Å². The molecule has 0 aromatic carbocycles. The second-order valence-electron chi connectivity index (χ2n) is 4.70. The fourth-order valence-corrected chi connectivity index (χ4v) is 2.20. The zero-order valence-electron chi connectivity index (χ0n) is 9.50. The Morgan fingerprint density at radius 2 is 1.86 bits per heavy atom. The number of rotatable bonds is 4. The zero-order valence-corrected chi connectivity index (χ0v) is 9.50. The van der Waals surface area contributed by atoms with Crippen LogP contribution in [0.25, 0.3) is 0 Å². The first kappa shape index (κ1) is 11.3. The number of carbonyl (C=O) groups is 1. The van der Waals surface area contributed by atoms with E-state index in [-0.39, 0.29) is 17.3 Å².